The molecule has 2 aromatic rings. The molecule has 2 aromatic carbocycles. The van der Waals surface area contributed by atoms with Crippen LogP contribution in [0.4, 0.5) is 5.69 Å². The number of hydrogen-bond donors (Lipinski definition) is 0. The van der Waals surface area contributed by atoms with Crippen molar-refractivity contribution in [1.82, 2.24) is 0 Å². The first-order chi connectivity index (χ1) is 9.65. The average Bonchev–Trinajstić information content (AvgIpc) is 2.46. The molecule has 0 aromatic heterocycles. The summed E-state index contributed by atoms with van der Waals surface area (Å²) in [5, 5.41) is 0. The van der Waals surface area contributed by atoms with Gasteiger partial charge in [0.25, 0.3) is 0 Å². The van der Waals surface area contributed by atoms with Gasteiger partial charge in [-0.05, 0) is 35.9 Å². The molecular weight excluding hydrogens is 250 g/mol. The van der Waals surface area contributed by atoms with E-state index in [2.05, 4.69) is 0 Å². The molecule has 0 unspecified atom stereocenters. The van der Waals surface area contributed by atoms with Gasteiger partial charge in [0.15, 0.2) is 0 Å². The van der Waals surface area contributed by atoms with Crippen molar-refractivity contribution in [1.29, 1.82) is 0 Å². The summed E-state index contributed by atoms with van der Waals surface area (Å²) in [5.41, 5.74) is 2.08. The number of nitrogens with zero attached hydrogens (tertiary/aromatic N) is 1. The predicted molar refractivity (Wildman–Crippen MR) is 81.9 cm³/mol. The van der Waals surface area contributed by atoms with E-state index in [1.54, 1.807) is 18.2 Å². The average molecular weight is 267 g/mol. The van der Waals surface area contributed by atoms with Crippen LogP contribution in [0, 0.1) is 0 Å². The van der Waals surface area contributed by atoms with Gasteiger partial charge in [-0.15, -0.1) is 0 Å². The van der Waals surface area contributed by atoms with Crippen LogP contribution in [0.5, 0.6) is 5.75 Å². The first-order valence-electron chi connectivity index (χ1n) is 6.37. The maximum atomic E-state index is 11.6. The van der Waals surface area contributed by atoms with Crippen molar-refractivity contribution in [2.45, 2.75) is 0 Å². The Kier molecular flexibility index (Phi) is 4.56. The smallest absolute Gasteiger partial charge is 0.336 e. The van der Waals surface area contributed by atoms with Crippen molar-refractivity contribution >= 4 is 17.7 Å². The lowest BCUT2D eigenvalue weighted by molar-refractivity contribution is -0.128. The number of anilines is 1. The lowest BCUT2D eigenvalue weighted by atomic mass is 10.2. The Balaban J connectivity index is 1.97. The van der Waals surface area contributed by atoms with Crippen molar-refractivity contribution in [3.63, 3.8) is 0 Å². The lowest BCUT2D eigenvalue weighted by Gasteiger charge is -2.11. The number of benzene rings is 2. The minimum Gasteiger partial charge on any atom is -0.423 e. The van der Waals surface area contributed by atoms with Crippen molar-refractivity contribution in [3.8, 4) is 5.75 Å². The minimum absolute atomic E-state index is 0.382. The van der Waals surface area contributed by atoms with Gasteiger partial charge in [0, 0.05) is 25.9 Å². The molecule has 0 bridgehead atoms. The first kappa shape index (κ1) is 13.9. The van der Waals surface area contributed by atoms with Crippen LogP contribution in [0.25, 0.3) is 6.08 Å². The van der Waals surface area contributed by atoms with Gasteiger partial charge < -0.3 is 9.64 Å². The van der Waals surface area contributed by atoms with Crippen molar-refractivity contribution in [2.75, 3.05) is 19.0 Å². The Morgan fingerprint density at radius 1 is 1.00 bits per heavy atom. The van der Waals surface area contributed by atoms with E-state index in [-0.39, 0.29) is 5.97 Å². The summed E-state index contributed by atoms with van der Waals surface area (Å²) in [5.74, 6) is 0.165. The lowest BCUT2D eigenvalue weighted by Crippen LogP contribution is -2.07. The fourth-order valence-corrected chi connectivity index (χ4v) is 1.69. The minimum atomic E-state index is -0.382. The van der Waals surface area contributed by atoms with Gasteiger partial charge in [-0.2, -0.15) is 0 Å². The number of carbonyl (C=O) groups is 1. The van der Waals surface area contributed by atoms with Gasteiger partial charge in [-0.1, -0.05) is 30.3 Å². The van der Waals surface area contributed by atoms with E-state index in [1.165, 1.54) is 6.08 Å². The van der Waals surface area contributed by atoms with E-state index in [4.69, 9.17) is 4.74 Å². The van der Waals surface area contributed by atoms with Crippen LogP contribution in [0.3, 0.4) is 0 Å². The van der Waals surface area contributed by atoms with E-state index in [1.807, 2.05) is 61.5 Å². The molecule has 0 saturated carbocycles. The van der Waals surface area contributed by atoms with Crippen LogP contribution in [-0.2, 0) is 4.79 Å². The molecule has 0 aliphatic heterocycles. The Labute approximate surface area is 119 Å². The fraction of sp³-hybridized carbons (Fsp3) is 0.118. The summed E-state index contributed by atoms with van der Waals surface area (Å²) < 4.78 is 5.16. The summed E-state index contributed by atoms with van der Waals surface area (Å²) in [6.07, 6.45) is 3.17. The van der Waals surface area contributed by atoms with E-state index in [0.717, 1.165) is 11.3 Å². The normalized spacial score (nSPS) is 10.5. The Morgan fingerprint density at radius 2 is 1.65 bits per heavy atom. The highest BCUT2D eigenvalue weighted by Crippen LogP contribution is 2.13. The summed E-state index contributed by atoms with van der Waals surface area (Å²) in [4.78, 5) is 13.7. The van der Waals surface area contributed by atoms with Crippen LogP contribution in [-0.4, -0.2) is 20.1 Å². The van der Waals surface area contributed by atoms with Crippen LogP contribution in [0.15, 0.2) is 60.7 Å². The Bertz CT molecular complexity index is 586. The largest absolute Gasteiger partial charge is 0.423 e. The number of carbonyl (C=O) groups excluding carboxylic acids is 1. The third kappa shape index (κ3) is 3.99. The number of hydrogen-bond acceptors (Lipinski definition) is 3. The monoisotopic (exact) mass is 267 g/mol. The van der Waals surface area contributed by atoms with Crippen LogP contribution in [0.1, 0.15) is 5.56 Å². The second kappa shape index (κ2) is 6.57. The number of ether oxygens (including phenoxy) is 1. The maximum absolute atomic E-state index is 11.6. The highest BCUT2D eigenvalue weighted by Gasteiger charge is 1.99. The second-order valence-electron chi connectivity index (χ2n) is 4.55. The van der Waals surface area contributed by atoms with Gasteiger partial charge in [0.2, 0.25) is 0 Å². The Morgan fingerprint density at radius 3 is 2.25 bits per heavy atom. The van der Waals surface area contributed by atoms with Crippen molar-refractivity contribution in [2.24, 2.45) is 0 Å². The fourth-order valence-electron chi connectivity index (χ4n) is 1.69. The van der Waals surface area contributed by atoms with E-state index >= 15 is 0 Å². The number of rotatable bonds is 4. The molecule has 102 valence electrons. The van der Waals surface area contributed by atoms with Gasteiger partial charge in [0.05, 0.1) is 0 Å². The van der Waals surface area contributed by atoms with Crippen molar-refractivity contribution in [3.05, 3.63) is 66.2 Å². The topological polar surface area (TPSA) is 29.5 Å². The number of para-hydroxylation sites is 1. The molecule has 3 heteroatoms. The first-order valence-corrected chi connectivity index (χ1v) is 6.37. The molecule has 0 heterocycles. The molecule has 20 heavy (non-hydrogen) atoms. The van der Waals surface area contributed by atoms with Gasteiger partial charge in [-0.25, -0.2) is 4.79 Å². The highest BCUT2D eigenvalue weighted by molar-refractivity contribution is 5.88. The molecule has 3 nitrogen and oxygen atoms in total. The molecule has 0 fully saturated rings. The molecule has 0 aliphatic rings. The zero-order valence-corrected chi connectivity index (χ0v) is 11.6. The Hall–Kier alpha value is -2.55. The van der Waals surface area contributed by atoms with E-state index in [9.17, 15) is 4.79 Å². The molecule has 0 spiro atoms. The maximum Gasteiger partial charge on any atom is 0.336 e. The summed E-state index contributed by atoms with van der Waals surface area (Å²) >= 11 is 0. The van der Waals surface area contributed by atoms with Gasteiger partial charge >= 0.3 is 5.97 Å². The van der Waals surface area contributed by atoms with E-state index < -0.39 is 0 Å². The molecule has 0 atom stereocenters. The zero-order chi connectivity index (χ0) is 14.4. The summed E-state index contributed by atoms with van der Waals surface area (Å²) in [6, 6.07) is 16.9. The third-order valence-corrected chi connectivity index (χ3v) is 2.78. The third-order valence-electron chi connectivity index (χ3n) is 2.78. The quantitative estimate of drug-likeness (QED) is 0.483. The van der Waals surface area contributed by atoms with Gasteiger partial charge in [0.1, 0.15) is 5.75 Å². The molecule has 0 aliphatic carbocycles. The highest BCUT2D eigenvalue weighted by atomic mass is 16.5. The zero-order valence-electron chi connectivity index (χ0n) is 11.6. The molecule has 0 N–H and O–H groups in total. The van der Waals surface area contributed by atoms with Crippen LogP contribution >= 0.6 is 0 Å². The van der Waals surface area contributed by atoms with Crippen LogP contribution < -0.4 is 9.64 Å². The standard InChI is InChI=1S/C17H17NO2/c1-18(2)15-11-8-14(9-12-15)10-13-17(19)20-16-6-4-3-5-7-16/h3-13H,1-2H3. The van der Waals surface area contributed by atoms with Gasteiger partial charge in [-0.3, -0.25) is 0 Å². The second-order valence-corrected chi connectivity index (χ2v) is 4.55. The SMILES string of the molecule is CN(C)c1ccc(C=CC(=O)Oc2ccccc2)cc1. The number of esters is 1. The van der Waals surface area contributed by atoms with Crippen molar-refractivity contribution < 1.29 is 9.53 Å². The van der Waals surface area contributed by atoms with Crippen LogP contribution in [0.2, 0.25) is 0 Å². The predicted octanol–water partition coefficient (Wildman–Crippen LogP) is 3.37. The molecule has 0 saturated heterocycles. The summed E-state index contributed by atoms with van der Waals surface area (Å²) in [7, 11) is 3.98. The molecule has 0 amide bonds. The molecule has 0 radical (unpaired) electrons. The molecular formula is C17H17NO2. The molecule has 2 rings (SSSR count). The summed E-state index contributed by atoms with van der Waals surface area (Å²) in [6.45, 7) is 0. The van der Waals surface area contributed by atoms with E-state index in [0.29, 0.717) is 5.75 Å².